The Kier molecular flexibility index (Phi) is 5.87. The lowest BCUT2D eigenvalue weighted by Crippen LogP contribution is -2.20. The Morgan fingerprint density at radius 1 is 1.21 bits per heavy atom. The number of benzene rings is 2. The molecule has 3 aromatic rings. The Labute approximate surface area is 168 Å². The van der Waals surface area contributed by atoms with Crippen molar-refractivity contribution in [1.29, 1.82) is 0 Å². The van der Waals surface area contributed by atoms with Gasteiger partial charge in [-0.05, 0) is 53.6 Å². The molecule has 0 spiro atoms. The predicted molar refractivity (Wildman–Crippen MR) is 110 cm³/mol. The van der Waals surface area contributed by atoms with Gasteiger partial charge in [-0.25, -0.2) is 4.39 Å². The molecule has 29 heavy (non-hydrogen) atoms. The van der Waals surface area contributed by atoms with E-state index in [2.05, 4.69) is 15.6 Å². The molecular formula is C22H19FN4O2. The zero-order valence-electron chi connectivity index (χ0n) is 16.4. The fourth-order valence-corrected chi connectivity index (χ4v) is 2.45. The van der Waals surface area contributed by atoms with E-state index in [1.54, 1.807) is 48.8 Å². The summed E-state index contributed by atoms with van der Waals surface area (Å²) in [5, 5.41) is 5.32. The van der Waals surface area contributed by atoms with Crippen LogP contribution in [0.1, 0.15) is 22.9 Å². The molecule has 3 rings (SSSR count). The summed E-state index contributed by atoms with van der Waals surface area (Å²) >= 11 is 0. The Morgan fingerprint density at radius 3 is 2.72 bits per heavy atom. The van der Waals surface area contributed by atoms with Gasteiger partial charge < -0.3 is 16.4 Å². The van der Waals surface area contributed by atoms with Gasteiger partial charge >= 0.3 is 0 Å². The standard InChI is InChI=1S/C22H19FN4O2/c23-18-8-9-20(19(24)12-18)27-22(29)17-6-3-16(4-7-17)14-26-21(28)10-5-15-2-1-11-25-13-15/h1-13H,14,24H2,(H,26,28)(H,27,29)/b10-5+/i8D. The van der Waals surface area contributed by atoms with E-state index in [9.17, 15) is 14.0 Å². The highest BCUT2D eigenvalue weighted by molar-refractivity contribution is 6.05. The lowest BCUT2D eigenvalue weighted by atomic mass is 10.1. The van der Waals surface area contributed by atoms with Gasteiger partial charge in [0.2, 0.25) is 5.91 Å². The van der Waals surface area contributed by atoms with Crippen molar-refractivity contribution in [3.63, 3.8) is 0 Å². The van der Waals surface area contributed by atoms with Crippen LogP contribution in [0, 0.1) is 5.82 Å². The number of rotatable bonds is 6. The highest BCUT2D eigenvalue weighted by Gasteiger charge is 2.09. The summed E-state index contributed by atoms with van der Waals surface area (Å²) in [7, 11) is 0. The minimum absolute atomic E-state index is 0.0375. The number of amides is 2. The second-order valence-corrected chi connectivity index (χ2v) is 6.14. The van der Waals surface area contributed by atoms with Crippen molar-refractivity contribution in [3.8, 4) is 0 Å². The normalized spacial score (nSPS) is 11.1. The lowest BCUT2D eigenvalue weighted by Gasteiger charge is -2.09. The second kappa shape index (κ2) is 9.27. The Balaban J connectivity index is 1.55. The molecule has 146 valence electrons. The largest absolute Gasteiger partial charge is 0.397 e. The number of aromatic nitrogens is 1. The molecule has 0 unspecified atom stereocenters. The zero-order chi connectivity index (χ0) is 21.5. The summed E-state index contributed by atoms with van der Waals surface area (Å²) in [6.45, 7) is 0.297. The number of nitrogens with zero attached hydrogens (tertiary/aromatic N) is 1. The average Bonchev–Trinajstić information content (AvgIpc) is 2.75. The smallest absolute Gasteiger partial charge is 0.255 e. The number of pyridine rings is 1. The van der Waals surface area contributed by atoms with Crippen LogP contribution >= 0.6 is 0 Å². The van der Waals surface area contributed by atoms with Crippen molar-refractivity contribution in [2.24, 2.45) is 0 Å². The molecule has 0 radical (unpaired) electrons. The maximum Gasteiger partial charge on any atom is 0.255 e. The van der Waals surface area contributed by atoms with Crippen LogP contribution in [0.15, 0.2) is 73.0 Å². The van der Waals surface area contributed by atoms with Gasteiger partial charge in [-0.3, -0.25) is 14.6 Å². The number of anilines is 2. The van der Waals surface area contributed by atoms with Crippen LogP contribution < -0.4 is 16.4 Å². The van der Waals surface area contributed by atoms with Gasteiger partial charge in [0.25, 0.3) is 5.91 Å². The van der Waals surface area contributed by atoms with Gasteiger partial charge in [0.1, 0.15) is 5.82 Å². The highest BCUT2D eigenvalue weighted by atomic mass is 19.1. The number of nitrogen functional groups attached to an aromatic ring is 1. The Hall–Kier alpha value is -4.00. The molecule has 2 amide bonds. The van der Waals surface area contributed by atoms with Gasteiger partial charge in [0, 0.05) is 30.6 Å². The van der Waals surface area contributed by atoms with Gasteiger partial charge in [-0.1, -0.05) is 18.2 Å². The van der Waals surface area contributed by atoms with Crippen molar-refractivity contribution in [3.05, 3.63) is 95.6 Å². The summed E-state index contributed by atoms with van der Waals surface area (Å²) in [6.07, 6.45) is 6.40. The van der Waals surface area contributed by atoms with Crippen LogP contribution in [-0.2, 0) is 11.3 Å². The fourth-order valence-electron chi connectivity index (χ4n) is 2.45. The quantitative estimate of drug-likeness (QED) is 0.443. The molecule has 0 saturated heterocycles. The highest BCUT2D eigenvalue weighted by Crippen LogP contribution is 2.20. The SMILES string of the molecule is [2H]c1cc(NC(=O)c2ccc(CNC(=O)/C=C/c3cccnc3)cc2)c(N)cc1F. The monoisotopic (exact) mass is 391 g/mol. The van der Waals surface area contributed by atoms with E-state index in [-0.39, 0.29) is 23.3 Å². The molecule has 1 heterocycles. The molecule has 0 aliphatic rings. The number of carbonyl (C=O) groups excluding carboxylic acids is 2. The predicted octanol–water partition coefficient (Wildman–Crippen LogP) is 3.38. The molecule has 1 aromatic heterocycles. The van der Waals surface area contributed by atoms with Crippen molar-refractivity contribution in [2.75, 3.05) is 11.1 Å². The van der Waals surface area contributed by atoms with E-state index in [1.165, 1.54) is 6.08 Å². The van der Waals surface area contributed by atoms with Gasteiger partial charge in [0.15, 0.2) is 0 Å². The maximum atomic E-state index is 13.3. The zero-order valence-corrected chi connectivity index (χ0v) is 15.4. The van der Waals surface area contributed by atoms with Crippen molar-refractivity contribution < 1.29 is 15.4 Å². The minimum Gasteiger partial charge on any atom is -0.397 e. The van der Waals surface area contributed by atoms with Gasteiger partial charge in [-0.2, -0.15) is 0 Å². The third kappa shape index (κ3) is 5.74. The number of nitrogens with two attached hydrogens (primary N) is 1. The summed E-state index contributed by atoms with van der Waals surface area (Å²) in [6, 6.07) is 12.0. The van der Waals surface area contributed by atoms with Crippen LogP contribution in [0.4, 0.5) is 15.8 Å². The topological polar surface area (TPSA) is 97.1 Å². The van der Waals surface area contributed by atoms with Crippen LogP contribution in [0.25, 0.3) is 6.08 Å². The first-order chi connectivity index (χ1) is 14.4. The molecule has 6 nitrogen and oxygen atoms in total. The van der Waals surface area contributed by atoms with E-state index >= 15 is 0 Å². The number of carbonyl (C=O) groups is 2. The van der Waals surface area contributed by atoms with Crippen LogP contribution in [0.2, 0.25) is 0 Å². The number of hydrogen-bond donors (Lipinski definition) is 3. The van der Waals surface area contributed by atoms with E-state index in [1.807, 2.05) is 6.07 Å². The molecule has 0 saturated carbocycles. The lowest BCUT2D eigenvalue weighted by molar-refractivity contribution is -0.116. The van der Waals surface area contributed by atoms with E-state index < -0.39 is 11.7 Å². The van der Waals surface area contributed by atoms with Gasteiger partial charge in [0.05, 0.1) is 12.7 Å². The van der Waals surface area contributed by atoms with Crippen LogP contribution in [0.3, 0.4) is 0 Å². The first-order valence-corrected chi connectivity index (χ1v) is 8.74. The van der Waals surface area contributed by atoms with Crippen molar-refractivity contribution in [2.45, 2.75) is 6.54 Å². The molecule has 0 bridgehead atoms. The molecule has 0 aliphatic heterocycles. The molecule has 7 heteroatoms. The summed E-state index contributed by atoms with van der Waals surface area (Å²) in [5.74, 6) is -1.45. The molecule has 0 atom stereocenters. The average molecular weight is 391 g/mol. The van der Waals surface area contributed by atoms with Gasteiger partial charge in [-0.15, -0.1) is 0 Å². The Bertz CT molecular complexity index is 1090. The maximum absolute atomic E-state index is 13.3. The van der Waals surface area contributed by atoms with Crippen molar-refractivity contribution >= 4 is 29.3 Å². The number of halogens is 1. The van der Waals surface area contributed by atoms with Crippen LogP contribution in [-0.4, -0.2) is 16.8 Å². The summed E-state index contributed by atoms with van der Waals surface area (Å²) in [5.41, 5.74) is 7.88. The van der Waals surface area contributed by atoms with E-state index in [4.69, 9.17) is 7.10 Å². The Morgan fingerprint density at radius 2 is 2.00 bits per heavy atom. The minimum atomic E-state index is -0.757. The first kappa shape index (κ1) is 18.4. The third-order valence-electron chi connectivity index (χ3n) is 3.99. The molecule has 2 aromatic carbocycles. The molecule has 4 N–H and O–H groups in total. The van der Waals surface area contributed by atoms with E-state index in [0.717, 1.165) is 23.3 Å². The molecule has 0 aliphatic carbocycles. The van der Waals surface area contributed by atoms with Crippen LogP contribution in [0.5, 0.6) is 0 Å². The van der Waals surface area contributed by atoms with E-state index in [0.29, 0.717) is 12.1 Å². The number of hydrogen-bond acceptors (Lipinski definition) is 4. The molecular weight excluding hydrogens is 371 g/mol. The first-order valence-electron chi connectivity index (χ1n) is 9.24. The number of nitrogens with one attached hydrogen (secondary N) is 2. The second-order valence-electron chi connectivity index (χ2n) is 6.14. The third-order valence-corrected chi connectivity index (χ3v) is 3.99. The fraction of sp³-hybridized carbons (Fsp3) is 0.0455. The van der Waals surface area contributed by atoms with Crippen molar-refractivity contribution in [1.82, 2.24) is 10.3 Å². The summed E-state index contributed by atoms with van der Waals surface area (Å²) < 4.78 is 20.8. The molecule has 0 fully saturated rings. The summed E-state index contributed by atoms with van der Waals surface area (Å²) in [4.78, 5) is 28.2.